The van der Waals surface area contributed by atoms with Gasteiger partial charge in [0.2, 0.25) is 0 Å². The van der Waals surface area contributed by atoms with E-state index in [9.17, 15) is 4.79 Å². The average Bonchev–Trinajstić information content (AvgIpc) is 2.57. The first-order chi connectivity index (χ1) is 8.24. The van der Waals surface area contributed by atoms with E-state index in [-0.39, 0.29) is 21.7 Å². The number of ketones is 1. The van der Waals surface area contributed by atoms with Gasteiger partial charge in [-0.2, -0.15) is 0 Å². The van der Waals surface area contributed by atoms with Crippen molar-refractivity contribution >= 4 is 17.5 Å². The normalized spacial score (nSPS) is 26.8. The first kappa shape index (κ1) is 17.0. The summed E-state index contributed by atoms with van der Waals surface area (Å²) in [6.45, 7) is 20.5. The number of nitrogens with zero attached hydrogens (tertiary/aromatic N) is 1. The molecule has 1 aliphatic rings. The first-order valence-corrected chi connectivity index (χ1v) is 8.15. The highest BCUT2D eigenvalue weighted by Crippen LogP contribution is 2.45. The lowest BCUT2D eigenvalue weighted by Crippen LogP contribution is -2.50. The number of hydrogen-bond acceptors (Lipinski definition) is 3. The van der Waals surface area contributed by atoms with Crippen LogP contribution in [0.2, 0.25) is 0 Å². The molecule has 0 aromatic rings. The summed E-state index contributed by atoms with van der Waals surface area (Å²) >= 11 is 1.86. The van der Waals surface area contributed by atoms with Crippen molar-refractivity contribution in [2.24, 2.45) is 10.8 Å². The van der Waals surface area contributed by atoms with Crippen molar-refractivity contribution in [1.29, 1.82) is 0 Å². The second-order valence-electron chi connectivity index (χ2n) is 8.78. The van der Waals surface area contributed by atoms with Crippen molar-refractivity contribution in [2.45, 2.75) is 78.5 Å². The summed E-state index contributed by atoms with van der Waals surface area (Å²) in [7, 11) is 0. The summed E-state index contributed by atoms with van der Waals surface area (Å²) in [5, 5.41) is 0.521. The lowest BCUT2D eigenvalue weighted by atomic mass is 9.88. The molecular weight excluding hydrogens is 254 g/mol. The third-order valence-corrected chi connectivity index (χ3v) is 5.64. The Hall–Kier alpha value is -0.0200. The second-order valence-corrected chi connectivity index (χ2v) is 10.1. The second kappa shape index (κ2) is 5.07. The Morgan fingerprint density at radius 2 is 1.47 bits per heavy atom. The van der Waals surface area contributed by atoms with E-state index in [1.54, 1.807) is 0 Å². The van der Waals surface area contributed by atoms with Crippen molar-refractivity contribution < 1.29 is 4.79 Å². The molecule has 1 rings (SSSR count). The SMILES string of the molecule is CC(C)(C)C(=O)C1SC(C(C)(C)C)CN1C(C)(C)C. The summed E-state index contributed by atoms with van der Waals surface area (Å²) in [5.41, 5.74) is 0.00754. The van der Waals surface area contributed by atoms with Gasteiger partial charge in [0, 0.05) is 22.7 Å². The summed E-state index contributed by atoms with van der Waals surface area (Å²) in [5.74, 6) is 0.360. The van der Waals surface area contributed by atoms with E-state index >= 15 is 0 Å². The molecule has 112 valence electrons. The molecule has 1 saturated heterocycles. The number of carbonyl (C=O) groups excluding carboxylic acids is 1. The van der Waals surface area contributed by atoms with Gasteiger partial charge < -0.3 is 0 Å². The molecule has 0 N–H and O–H groups in total. The van der Waals surface area contributed by atoms with Crippen molar-refractivity contribution in [3.05, 3.63) is 0 Å². The molecule has 19 heavy (non-hydrogen) atoms. The van der Waals surface area contributed by atoms with E-state index in [1.165, 1.54) is 0 Å². The first-order valence-electron chi connectivity index (χ1n) is 7.21. The molecule has 0 aromatic carbocycles. The molecule has 2 atom stereocenters. The molecule has 1 heterocycles. The van der Waals surface area contributed by atoms with Crippen LogP contribution in [-0.4, -0.2) is 33.4 Å². The number of hydrogen-bond donors (Lipinski definition) is 0. The zero-order chi connectivity index (χ0) is 15.2. The van der Waals surface area contributed by atoms with Gasteiger partial charge in [0.25, 0.3) is 0 Å². The third kappa shape index (κ3) is 3.98. The van der Waals surface area contributed by atoms with Crippen LogP contribution in [0, 0.1) is 10.8 Å². The minimum absolute atomic E-state index is 0.00391. The van der Waals surface area contributed by atoms with Crippen LogP contribution < -0.4 is 0 Å². The Morgan fingerprint density at radius 3 is 1.79 bits per heavy atom. The highest BCUT2D eigenvalue weighted by Gasteiger charge is 2.47. The third-order valence-electron chi connectivity index (χ3n) is 3.73. The Bertz CT molecular complexity index is 343. The standard InChI is InChI=1S/C16H31NOS/c1-14(2,3)11-10-17(16(7,8)9)13(19-11)12(18)15(4,5)6/h11,13H,10H2,1-9H3. The van der Waals surface area contributed by atoms with Crippen molar-refractivity contribution in [1.82, 2.24) is 4.90 Å². The predicted molar refractivity (Wildman–Crippen MR) is 85.5 cm³/mol. The molecule has 1 aliphatic heterocycles. The summed E-state index contributed by atoms with van der Waals surface area (Å²) in [4.78, 5) is 15.1. The number of thioether (sulfide) groups is 1. The van der Waals surface area contributed by atoms with Gasteiger partial charge in [-0.3, -0.25) is 9.69 Å². The van der Waals surface area contributed by atoms with Gasteiger partial charge in [-0.15, -0.1) is 11.8 Å². The molecule has 0 aliphatic carbocycles. The summed E-state index contributed by atoms with van der Waals surface area (Å²) in [6, 6.07) is 0. The molecule has 0 spiro atoms. The van der Waals surface area contributed by atoms with E-state index in [4.69, 9.17) is 0 Å². The molecular formula is C16H31NOS. The lowest BCUT2D eigenvalue weighted by molar-refractivity contribution is -0.129. The van der Waals surface area contributed by atoms with Crippen LogP contribution in [0.3, 0.4) is 0 Å². The topological polar surface area (TPSA) is 20.3 Å². The number of carbonyl (C=O) groups is 1. The monoisotopic (exact) mass is 285 g/mol. The Balaban J connectivity index is 3.04. The van der Waals surface area contributed by atoms with Gasteiger partial charge in [0.1, 0.15) is 5.37 Å². The highest BCUT2D eigenvalue weighted by molar-refractivity contribution is 8.01. The maximum atomic E-state index is 12.7. The van der Waals surface area contributed by atoms with E-state index < -0.39 is 0 Å². The van der Waals surface area contributed by atoms with Crippen LogP contribution >= 0.6 is 11.8 Å². The molecule has 2 unspecified atom stereocenters. The van der Waals surface area contributed by atoms with Crippen LogP contribution in [-0.2, 0) is 4.79 Å². The molecule has 2 nitrogen and oxygen atoms in total. The van der Waals surface area contributed by atoms with Crippen molar-refractivity contribution in [3.8, 4) is 0 Å². The van der Waals surface area contributed by atoms with Gasteiger partial charge in [-0.25, -0.2) is 0 Å². The van der Waals surface area contributed by atoms with Gasteiger partial charge in [0.05, 0.1) is 0 Å². The lowest BCUT2D eigenvalue weighted by Gasteiger charge is -2.37. The van der Waals surface area contributed by atoms with Gasteiger partial charge in [-0.05, 0) is 26.2 Å². The Labute approximate surface area is 123 Å². The van der Waals surface area contributed by atoms with E-state index in [0.717, 1.165) is 6.54 Å². The smallest absolute Gasteiger partial charge is 0.165 e. The number of rotatable bonds is 1. The van der Waals surface area contributed by atoms with E-state index in [2.05, 4.69) is 46.4 Å². The zero-order valence-electron chi connectivity index (χ0n) is 14.1. The minimum atomic E-state index is -0.270. The van der Waals surface area contributed by atoms with Crippen LogP contribution in [0.1, 0.15) is 62.3 Å². The van der Waals surface area contributed by atoms with Crippen LogP contribution in [0.25, 0.3) is 0 Å². The van der Waals surface area contributed by atoms with Crippen LogP contribution in [0.4, 0.5) is 0 Å². The van der Waals surface area contributed by atoms with Crippen LogP contribution in [0.5, 0.6) is 0 Å². The predicted octanol–water partition coefficient (Wildman–Crippen LogP) is 4.19. The van der Waals surface area contributed by atoms with Gasteiger partial charge in [-0.1, -0.05) is 41.5 Å². The Kier molecular flexibility index (Phi) is 4.54. The van der Waals surface area contributed by atoms with Gasteiger partial charge in [0.15, 0.2) is 5.78 Å². The highest BCUT2D eigenvalue weighted by atomic mass is 32.2. The molecule has 1 fully saturated rings. The van der Waals surface area contributed by atoms with Crippen LogP contribution in [0.15, 0.2) is 0 Å². The zero-order valence-corrected chi connectivity index (χ0v) is 14.9. The molecule has 3 heteroatoms. The fraction of sp³-hybridized carbons (Fsp3) is 0.938. The summed E-state index contributed by atoms with van der Waals surface area (Å²) < 4.78 is 0. The fourth-order valence-electron chi connectivity index (χ4n) is 2.22. The van der Waals surface area contributed by atoms with Crippen molar-refractivity contribution in [3.63, 3.8) is 0 Å². The van der Waals surface area contributed by atoms with Gasteiger partial charge >= 0.3 is 0 Å². The molecule has 0 bridgehead atoms. The maximum Gasteiger partial charge on any atom is 0.165 e. The molecule has 0 amide bonds. The molecule has 0 saturated carbocycles. The summed E-state index contributed by atoms with van der Waals surface area (Å²) in [6.07, 6.45) is 0. The average molecular weight is 285 g/mol. The largest absolute Gasteiger partial charge is 0.296 e. The molecule has 0 radical (unpaired) electrons. The van der Waals surface area contributed by atoms with E-state index in [1.807, 2.05) is 32.5 Å². The number of Topliss-reactive ketones (excluding diaryl/α,β-unsaturated/α-hetero) is 1. The quantitative estimate of drug-likeness (QED) is 0.720. The Morgan fingerprint density at radius 1 is 1.00 bits per heavy atom. The van der Waals surface area contributed by atoms with Crippen molar-refractivity contribution in [2.75, 3.05) is 6.54 Å². The fourth-order valence-corrected chi connectivity index (χ4v) is 4.22. The van der Waals surface area contributed by atoms with E-state index in [0.29, 0.717) is 11.0 Å². The maximum absolute atomic E-state index is 12.7. The minimum Gasteiger partial charge on any atom is -0.296 e. The molecule has 0 aromatic heterocycles.